The maximum absolute atomic E-state index is 9.73. The van der Waals surface area contributed by atoms with Crippen molar-refractivity contribution < 1.29 is 14.9 Å². The van der Waals surface area contributed by atoms with E-state index in [0.717, 1.165) is 0 Å². The topological polar surface area (TPSA) is 82.7 Å². The second kappa shape index (κ2) is 3.23. The summed E-state index contributed by atoms with van der Waals surface area (Å²) in [6.07, 6.45) is 0. The molecule has 0 saturated carbocycles. The van der Waals surface area contributed by atoms with Crippen molar-refractivity contribution in [3.8, 4) is 0 Å². The summed E-state index contributed by atoms with van der Waals surface area (Å²) in [6, 6.07) is 0. The van der Waals surface area contributed by atoms with E-state index < -0.39 is 12.5 Å². The van der Waals surface area contributed by atoms with Gasteiger partial charge in [0.25, 0.3) is 0 Å². The van der Waals surface area contributed by atoms with Crippen molar-refractivity contribution in [1.82, 2.24) is 0 Å². The first kappa shape index (κ1) is 6.03. The zero-order valence-electron chi connectivity index (χ0n) is 3.42. The van der Waals surface area contributed by atoms with Crippen LogP contribution in [-0.4, -0.2) is 17.8 Å². The second-order valence-corrected chi connectivity index (χ2v) is 0.780. The van der Waals surface area contributed by atoms with Gasteiger partial charge in [0, 0.05) is 0 Å². The summed E-state index contributed by atoms with van der Waals surface area (Å²) in [5.41, 5.74) is 6.05. The van der Waals surface area contributed by atoms with Gasteiger partial charge in [0.1, 0.15) is 0 Å². The van der Waals surface area contributed by atoms with Gasteiger partial charge in [-0.1, -0.05) is 0 Å². The molecule has 0 radical (unpaired) electrons. The molecular weight excluding hydrogens is 100 g/mol. The standard InChI is InChI=1S/C2H4N2O3/c3-4-1-2(5)7-6/h3,6H,1H2. The molecule has 0 aromatic carbocycles. The molecule has 40 valence electrons. The van der Waals surface area contributed by atoms with Crippen LogP contribution in [0, 0.1) is 5.53 Å². The maximum Gasteiger partial charge on any atom is 0.365 e. The van der Waals surface area contributed by atoms with Gasteiger partial charge in [0.2, 0.25) is 0 Å². The highest BCUT2D eigenvalue weighted by Gasteiger charge is 1.95. The Kier molecular flexibility index (Phi) is 2.78. The molecule has 0 aromatic rings. The number of hydrogen-bond acceptors (Lipinski definition) is 5. The van der Waals surface area contributed by atoms with Gasteiger partial charge in [-0.15, -0.1) is 0 Å². The molecule has 0 aromatic heterocycles. The zero-order chi connectivity index (χ0) is 5.70. The van der Waals surface area contributed by atoms with Crippen molar-refractivity contribution in [2.45, 2.75) is 0 Å². The summed E-state index contributed by atoms with van der Waals surface area (Å²) in [7, 11) is 0. The first-order valence-corrected chi connectivity index (χ1v) is 1.48. The van der Waals surface area contributed by atoms with Crippen molar-refractivity contribution in [3.05, 3.63) is 0 Å². The van der Waals surface area contributed by atoms with E-state index in [-0.39, 0.29) is 0 Å². The SMILES string of the molecule is N=NCC(=O)OO. The molecule has 0 amide bonds. The van der Waals surface area contributed by atoms with Crippen LogP contribution >= 0.6 is 0 Å². The van der Waals surface area contributed by atoms with Gasteiger partial charge in [-0.05, 0) is 0 Å². The molecule has 0 aliphatic carbocycles. The summed E-state index contributed by atoms with van der Waals surface area (Å²) in [4.78, 5) is 12.9. The summed E-state index contributed by atoms with van der Waals surface area (Å²) in [6.45, 7) is -0.420. The molecule has 0 spiro atoms. The van der Waals surface area contributed by atoms with Gasteiger partial charge >= 0.3 is 5.97 Å². The molecular formula is C2H4N2O3. The number of nitrogens with one attached hydrogen (secondary N) is 1. The molecule has 0 unspecified atom stereocenters. The molecule has 0 fully saturated rings. The van der Waals surface area contributed by atoms with E-state index in [1.165, 1.54) is 0 Å². The lowest BCUT2D eigenvalue weighted by molar-refractivity contribution is -0.232. The summed E-state index contributed by atoms with van der Waals surface area (Å²) in [5, 5.41) is 10.1. The Bertz CT molecular complexity index is 81.0. The minimum absolute atomic E-state index is 0.420. The largest absolute Gasteiger partial charge is 0.365 e. The number of nitrogens with zero attached hydrogens (tertiary/aromatic N) is 1. The van der Waals surface area contributed by atoms with Crippen LogP contribution in [0.25, 0.3) is 0 Å². The van der Waals surface area contributed by atoms with Gasteiger partial charge in [0.05, 0.1) is 0 Å². The zero-order valence-corrected chi connectivity index (χ0v) is 3.42. The Hall–Kier alpha value is -0.970. The third-order valence-electron chi connectivity index (χ3n) is 0.310. The number of rotatable bonds is 2. The lowest BCUT2D eigenvalue weighted by Crippen LogP contribution is -2.03. The van der Waals surface area contributed by atoms with E-state index in [2.05, 4.69) is 10.0 Å². The lowest BCUT2D eigenvalue weighted by Gasteiger charge is -1.83. The van der Waals surface area contributed by atoms with E-state index in [4.69, 9.17) is 10.8 Å². The minimum Gasteiger partial charge on any atom is -0.299 e. The summed E-state index contributed by atoms with van der Waals surface area (Å²) >= 11 is 0. The Labute approximate surface area is 39.3 Å². The molecule has 5 nitrogen and oxygen atoms in total. The third kappa shape index (κ3) is 2.84. The van der Waals surface area contributed by atoms with E-state index in [9.17, 15) is 4.79 Å². The van der Waals surface area contributed by atoms with E-state index in [1.54, 1.807) is 0 Å². The fourth-order valence-corrected chi connectivity index (χ4v) is 0.0934. The van der Waals surface area contributed by atoms with Crippen LogP contribution in [0.15, 0.2) is 5.11 Å². The molecule has 0 heterocycles. The normalized spacial score (nSPS) is 7.57. The number of carbonyl (C=O) groups is 1. The minimum atomic E-state index is -0.921. The molecule has 0 rings (SSSR count). The highest BCUT2D eigenvalue weighted by atomic mass is 17.1. The van der Waals surface area contributed by atoms with Crippen LogP contribution in [0.2, 0.25) is 0 Å². The molecule has 0 aliphatic rings. The van der Waals surface area contributed by atoms with Crippen molar-refractivity contribution in [2.75, 3.05) is 6.54 Å². The average Bonchev–Trinajstić information content (AvgIpc) is 1.68. The van der Waals surface area contributed by atoms with E-state index in [1.807, 2.05) is 0 Å². The Balaban J connectivity index is 3.17. The molecule has 0 bridgehead atoms. The highest BCUT2D eigenvalue weighted by Crippen LogP contribution is 1.71. The maximum atomic E-state index is 9.73. The van der Waals surface area contributed by atoms with Crippen molar-refractivity contribution in [2.24, 2.45) is 5.11 Å². The second-order valence-electron chi connectivity index (χ2n) is 0.780. The third-order valence-corrected chi connectivity index (χ3v) is 0.310. The first-order chi connectivity index (χ1) is 3.31. The number of hydrogen-bond donors (Lipinski definition) is 2. The molecule has 0 aliphatic heterocycles. The monoisotopic (exact) mass is 104 g/mol. The van der Waals surface area contributed by atoms with E-state index in [0.29, 0.717) is 0 Å². The molecule has 0 saturated heterocycles. The predicted molar refractivity (Wildman–Crippen MR) is 18.7 cm³/mol. The van der Waals surface area contributed by atoms with Crippen LogP contribution in [-0.2, 0) is 9.68 Å². The van der Waals surface area contributed by atoms with Crippen LogP contribution in [0.5, 0.6) is 0 Å². The van der Waals surface area contributed by atoms with Crippen molar-refractivity contribution in [1.29, 1.82) is 5.53 Å². The molecule has 7 heavy (non-hydrogen) atoms. The molecule has 5 heteroatoms. The van der Waals surface area contributed by atoms with Gasteiger partial charge in [0.15, 0.2) is 6.54 Å². The Morgan fingerprint density at radius 2 is 2.57 bits per heavy atom. The van der Waals surface area contributed by atoms with Crippen molar-refractivity contribution in [3.63, 3.8) is 0 Å². The van der Waals surface area contributed by atoms with Crippen LogP contribution in [0.1, 0.15) is 0 Å². The van der Waals surface area contributed by atoms with Gasteiger partial charge in [-0.3, -0.25) is 4.89 Å². The molecule has 0 atom stereocenters. The van der Waals surface area contributed by atoms with Gasteiger partial charge < -0.3 is 0 Å². The Morgan fingerprint density at radius 1 is 2.00 bits per heavy atom. The van der Waals surface area contributed by atoms with Crippen LogP contribution in [0.4, 0.5) is 0 Å². The number of carbonyl (C=O) groups excluding carboxylic acids is 1. The predicted octanol–water partition coefficient (Wildman–Crippen LogP) is 0.0336. The summed E-state index contributed by atoms with van der Waals surface area (Å²) < 4.78 is 0. The van der Waals surface area contributed by atoms with Crippen LogP contribution < -0.4 is 0 Å². The fourth-order valence-electron chi connectivity index (χ4n) is 0.0934. The Morgan fingerprint density at radius 3 is 2.71 bits per heavy atom. The average molecular weight is 104 g/mol. The molecule has 2 N–H and O–H groups in total. The van der Waals surface area contributed by atoms with Gasteiger partial charge in [-0.25, -0.2) is 10.3 Å². The quantitative estimate of drug-likeness (QED) is 0.294. The smallest absolute Gasteiger partial charge is 0.299 e. The first-order valence-electron chi connectivity index (χ1n) is 1.48. The van der Waals surface area contributed by atoms with Crippen molar-refractivity contribution >= 4 is 5.97 Å². The summed E-state index contributed by atoms with van der Waals surface area (Å²) in [5.74, 6) is -0.921. The van der Waals surface area contributed by atoms with Crippen LogP contribution in [0.3, 0.4) is 0 Å². The van der Waals surface area contributed by atoms with Gasteiger partial charge in [-0.2, -0.15) is 10.4 Å². The fraction of sp³-hybridized carbons (Fsp3) is 0.500. The lowest BCUT2D eigenvalue weighted by atomic mass is 10.7. The highest BCUT2D eigenvalue weighted by molar-refractivity contribution is 5.70. The van der Waals surface area contributed by atoms with E-state index >= 15 is 0 Å².